The third-order valence-electron chi connectivity index (χ3n) is 4.61. The first-order chi connectivity index (χ1) is 13.2. The maximum Gasteiger partial charge on any atom is 0.295 e. The van der Waals surface area contributed by atoms with Crippen LogP contribution >= 0.6 is 0 Å². The van der Waals surface area contributed by atoms with Gasteiger partial charge in [0.15, 0.2) is 5.78 Å². The number of carbonyl (C=O) groups excluding carboxylic acids is 1. The van der Waals surface area contributed by atoms with E-state index in [1.165, 1.54) is 0 Å². The Kier molecular flexibility index (Phi) is 7.29. The van der Waals surface area contributed by atoms with Crippen LogP contribution < -0.4 is 5.73 Å². The molecular formula is C20H23F3N2O3. The van der Waals surface area contributed by atoms with Crippen molar-refractivity contribution in [2.75, 3.05) is 13.3 Å². The highest BCUT2D eigenvalue weighted by Gasteiger charge is 2.27. The van der Waals surface area contributed by atoms with Crippen LogP contribution in [0.15, 0.2) is 42.6 Å². The zero-order valence-electron chi connectivity index (χ0n) is 15.4. The highest BCUT2D eigenvalue weighted by molar-refractivity contribution is 5.81. The molecule has 0 radical (unpaired) electrons. The van der Waals surface area contributed by atoms with Crippen LogP contribution in [-0.4, -0.2) is 40.7 Å². The smallest absolute Gasteiger partial charge is 0.295 e. The molecule has 2 aromatic rings. The second-order valence-electron chi connectivity index (χ2n) is 6.96. The Bertz CT molecular complexity index is 780. The van der Waals surface area contributed by atoms with Gasteiger partial charge in [-0.05, 0) is 24.1 Å². The predicted octanol–water partition coefficient (Wildman–Crippen LogP) is 2.76. The number of hydrogen-bond acceptors (Lipinski definition) is 5. The molecule has 0 amide bonds. The summed E-state index contributed by atoms with van der Waals surface area (Å²) in [4.78, 5) is 15.4. The van der Waals surface area contributed by atoms with E-state index >= 15 is 0 Å². The summed E-state index contributed by atoms with van der Waals surface area (Å²) >= 11 is 0. The molecule has 0 fully saturated rings. The summed E-state index contributed by atoms with van der Waals surface area (Å²) in [6, 6.07) is 9.91. The number of ketones is 1. The summed E-state index contributed by atoms with van der Waals surface area (Å²) in [6.45, 7) is 0.316. The Balaban J connectivity index is 2.15. The van der Waals surface area contributed by atoms with Gasteiger partial charge in [-0.25, -0.2) is 8.78 Å². The van der Waals surface area contributed by atoms with Gasteiger partial charge in [0, 0.05) is 24.1 Å². The Morgan fingerprint density at radius 1 is 1.18 bits per heavy atom. The molecule has 1 heterocycles. The maximum atomic E-state index is 13.1. The van der Waals surface area contributed by atoms with E-state index in [0.29, 0.717) is 11.3 Å². The molecule has 0 aliphatic heterocycles. The van der Waals surface area contributed by atoms with Crippen molar-refractivity contribution in [3.8, 4) is 11.1 Å². The molecule has 0 saturated carbocycles. The van der Waals surface area contributed by atoms with E-state index in [1.807, 2.05) is 0 Å². The Hall–Kier alpha value is -2.29. The molecule has 152 valence electrons. The third kappa shape index (κ3) is 5.15. The lowest BCUT2D eigenvalue weighted by Crippen LogP contribution is -2.37. The summed E-state index contributed by atoms with van der Waals surface area (Å²) in [5.41, 5.74) is 7.35. The van der Waals surface area contributed by atoms with E-state index in [9.17, 15) is 28.2 Å². The van der Waals surface area contributed by atoms with E-state index in [2.05, 4.69) is 4.98 Å². The van der Waals surface area contributed by atoms with Crippen LogP contribution in [0, 0.1) is 5.92 Å². The predicted molar refractivity (Wildman–Crippen MR) is 98.4 cm³/mol. The summed E-state index contributed by atoms with van der Waals surface area (Å²) in [5, 5.41) is 19.5. The SMILES string of the molecule is CC(N)(CO)c1ccc(-c2ccc([C@@H](O)[C@@H](CF)CC(=O)C(F)F)cc2)cn1. The molecule has 1 unspecified atom stereocenters. The van der Waals surface area contributed by atoms with Crippen LogP contribution in [0.3, 0.4) is 0 Å². The van der Waals surface area contributed by atoms with Crippen LogP contribution in [0.1, 0.15) is 30.7 Å². The minimum atomic E-state index is -3.18. The molecule has 1 aromatic heterocycles. The molecule has 5 nitrogen and oxygen atoms in total. The van der Waals surface area contributed by atoms with Crippen LogP contribution in [0.4, 0.5) is 13.2 Å². The van der Waals surface area contributed by atoms with E-state index in [4.69, 9.17) is 5.73 Å². The molecule has 0 saturated heterocycles. The molecule has 0 bridgehead atoms. The second kappa shape index (κ2) is 9.27. The first kappa shape index (κ1) is 22.0. The van der Waals surface area contributed by atoms with Gasteiger partial charge in [-0.2, -0.15) is 0 Å². The number of pyridine rings is 1. The number of nitrogens with zero attached hydrogens (tertiary/aromatic N) is 1. The Morgan fingerprint density at radius 3 is 2.25 bits per heavy atom. The number of alkyl halides is 3. The van der Waals surface area contributed by atoms with Crippen molar-refractivity contribution < 1.29 is 28.2 Å². The fraction of sp³-hybridized carbons (Fsp3) is 0.400. The van der Waals surface area contributed by atoms with E-state index in [1.54, 1.807) is 49.5 Å². The van der Waals surface area contributed by atoms with Gasteiger partial charge in [-0.15, -0.1) is 0 Å². The molecule has 2 rings (SSSR count). The number of rotatable bonds is 9. The molecule has 1 aromatic carbocycles. The first-order valence-corrected chi connectivity index (χ1v) is 8.71. The number of nitrogens with two attached hydrogens (primary N) is 1. The van der Waals surface area contributed by atoms with E-state index in [-0.39, 0.29) is 6.61 Å². The van der Waals surface area contributed by atoms with Crippen molar-refractivity contribution in [3.63, 3.8) is 0 Å². The van der Waals surface area contributed by atoms with Gasteiger partial charge in [0.1, 0.15) is 0 Å². The summed E-state index contributed by atoms with van der Waals surface area (Å²) in [5.74, 6) is -2.62. The third-order valence-corrected chi connectivity index (χ3v) is 4.61. The van der Waals surface area contributed by atoms with Gasteiger partial charge in [-0.1, -0.05) is 30.3 Å². The number of carbonyl (C=O) groups is 1. The van der Waals surface area contributed by atoms with Crippen molar-refractivity contribution in [3.05, 3.63) is 53.9 Å². The number of hydrogen-bond donors (Lipinski definition) is 3. The average Bonchev–Trinajstić information content (AvgIpc) is 2.71. The zero-order valence-corrected chi connectivity index (χ0v) is 15.4. The minimum absolute atomic E-state index is 0.254. The first-order valence-electron chi connectivity index (χ1n) is 8.71. The fourth-order valence-electron chi connectivity index (χ4n) is 2.73. The quantitative estimate of drug-likeness (QED) is 0.606. The van der Waals surface area contributed by atoms with Gasteiger partial charge >= 0.3 is 0 Å². The average molecular weight is 396 g/mol. The highest BCUT2D eigenvalue weighted by Crippen LogP contribution is 2.29. The maximum absolute atomic E-state index is 13.1. The largest absolute Gasteiger partial charge is 0.394 e. The van der Waals surface area contributed by atoms with Crippen LogP contribution in [0.25, 0.3) is 11.1 Å². The lowest BCUT2D eigenvalue weighted by Gasteiger charge is -2.21. The van der Waals surface area contributed by atoms with Gasteiger partial charge in [0.2, 0.25) is 0 Å². The van der Waals surface area contributed by atoms with Gasteiger partial charge in [0.25, 0.3) is 6.43 Å². The van der Waals surface area contributed by atoms with Crippen LogP contribution in [0.2, 0.25) is 0 Å². The normalized spacial score (nSPS) is 15.9. The molecule has 8 heteroatoms. The number of aromatic nitrogens is 1. The summed E-state index contributed by atoms with van der Waals surface area (Å²) in [7, 11) is 0. The topological polar surface area (TPSA) is 96.4 Å². The van der Waals surface area contributed by atoms with E-state index < -0.39 is 42.9 Å². The number of halogens is 3. The monoisotopic (exact) mass is 396 g/mol. The van der Waals surface area contributed by atoms with Crippen molar-refractivity contribution in [2.24, 2.45) is 11.7 Å². The number of benzene rings is 1. The molecule has 3 atom stereocenters. The van der Waals surface area contributed by atoms with Crippen molar-refractivity contribution >= 4 is 5.78 Å². The lowest BCUT2D eigenvalue weighted by atomic mass is 9.91. The van der Waals surface area contributed by atoms with E-state index in [0.717, 1.165) is 11.1 Å². The zero-order chi connectivity index (χ0) is 20.9. The van der Waals surface area contributed by atoms with Crippen molar-refractivity contribution in [2.45, 2.75) is 31.4 Å². The summed E-state index contributed by atoms with van der Waals surface area (Å²) < 4.78 is 37.9. The molecule has 0 aliphatic rings. The van der Waals surface area contributed by atoms with Gasteiger partial charge in [0.05, 0.1) is 30.6 Å². The van der Waals surface area contributed by atoms with Crippen molar-refractivity contribution in [1.29, 1.82) is 0 Å². The highest BCUT2D eigenvalue weighted by atomic mass is 19.3. The van der Waals surface area contributed by atoms with Crippen molar-refractivity contribution in [1.82, 2.24) is 4.98 Å². The molecule has 4 N–H and O–H groups in total. The fourth-order valence-corrected chi connectivity index (χ4v) is 2.73. The standard InChI is InChI=1S/C20H23F3N2O3/c1-20(24,11-26)17-7-6-14(10-25-17)12-2-4-13(5-3-12)18(28)15(9-21)8-16(27)19(22)23/h2-7,10,15,18-19,26,28H,8-9,11,24H2,1H3/t15-,18-,20?/m1/s1. The lowest BCUT2D eigenvalue weighted by molar-refractivity contribution is -0.131. The van der Waals surface area contributed by atoms with Crippen LogP contribution in [-0.2, 0) is 10.3 Å². The minimum Gasteiger partial charge on any atom is -0.394 e. The molecular weight excluding hydrogens is 373 g/mol. The number of Topliss-reactive ketones (excluding diaryl/α,β-unsaturated/α-hetero) is 1. The Morgan fingerprint density at radius 2 is 1.79 bits per heavy atom. The molecule has 0 aliphatic carbocycles. The number of aliphatic hydroxyl groups is 2. The van der Waals surface area contributed by atoms with Gasteiger partial charge < -0.3 is 15.9 Å². The second-order valence-corrected chi connectivity index (χ2v) is 6.96. The van der Waals surface area contributed by atoms with Crippen LogP contribution in [0.5, 0.6) is 0 Å². The summed E-state index contributed by atoms with van der Waals surface area (Å²) in [6.07, 6.45) is -3.69. The Labute approximate surface area is 161 Å². The number of aliphatic hydroxyl groups excluding tert-OH is 2. The molecule has 28 heavy (non-hydrogen) atoms. The molecule has 0 spiro atoms. The van der Waals surface area contributed by atoms with Gasteiger partial charge in [-0.3, -0.25) is 14.2 Å².